The molecule has 0 radical (unpaired) electrons. The van der Waals surface area contributed by atoms with Gasteiger partial charge in [0.25, 0.3) is 0 Å². The molecule has 0 aliphatic heterocycles. The number of aromatic nitrogens is 2. The number of nitriles is 1. The first-order chi connectivity index (χ1) is 18.4. The molecule has 5 rings (SSSR count). The second kappa shape index (κ2) is 11.1. The average molecular weight is 506 g/mol. The molecule has 0 unspecified atom stereocenters. The molecular weight excluding hydrogens is 473 g/mol. The summed E-state index contributed by atoms with van der Waals surface area (Å²) in [4.78, 5) is 18.7. The lowest BCUT2D eigenvalue weighted by Crippen LogP contribution is -2.18. The number of ketones is 1. The number of benzene rings is 3. The lowest BCUT2D eigenvalue weighted by atomic mass is 9.88. The highest BCUT2D eigenvalue weighted by Crippen LogP contribution is 2.40. The minimum atomic E-state index is -0.360. The maximum atomic E-state index is 13.6. The van der Waals surface area contributed by atoms with Gasteiger partial charge in [-0.3, -0.25) is 4.79 Å². The molecule has 4 nitrogen and oxygen atoms in total. The van der Waals surface area contributed by atoms with Gasteiger partial charge >= 0.3 is 0 Å². The van der Waals surface area contributed by atoms with Gasteiger partial charge in [0, 0.05) is 22.6 Å². The molecular formula is C33H32FN3O. The number of Topliss-reactive ketones (excluding diaryl/α,β-unsaturated/α-hetero) is 1. The van der Waals surface area contributed by atoms with Crippen molar-refractivity contribution in [2.75, 3.05) is 0 Å². The van der Waals surface area contributed by atoms with E-state index in [1.54, 1.807) is 12.1 Å². The van der Waals surface area contributed by atoms with Crippen molar-refractivity contribution in [3.05, 3.63) is 101 Å². The van der Waals surface area contributed by atoms with E-state index in [4.69, 9.17) is 4.98 Å². The minimum Gasteiger partial charge on any atom is -0.319 e. The Bertz CT molecular complexity index is 1450. The summed E-state index contributed by atoms with van der Waals surface area (Å²) in [6.07, 6.45) is 5.60. The molecule has 4 aromatic rings. The van der Waals surface area contributed by atoms with Crippen LogP contribution in [0.5, 0.6) is 0 Å². The maximum absolute atomic E-state index is 13.6. The van der Waals surface area contributed by atoms with Crippen LogP contribution >= 0.6 is 0 Å². The van der Waals surface area contributed by atoms with Crippen LogP contribution in [-0.2, 0) is 6.54 Å². The number of carbonyl (C=O) groups is 1. The topological polar surface area (TPSA) is 58.7 Å². The van der Waals surface area contributed by atoms with Crippen molar-refractivity contribution in [1.29, 1.82) is 5.26 Å². The Labute approximate surface area is 223 Å². The zero-order valence-corrected chi connectivity index (χ0v) is 22.0. The number of hydrogen-bond acceptors (Lipinski definition) is 3. The van der Waals surface area contributed by atoms with E-state index >= 15 is 0 Å². The molecule has 1 aliphatic carbocycles. The third-order valence-corrected chi connectivity index (χ3v) is 7.57. The number of carbonyl (C=O) groups excluding carboxylic acids is 1. The van der Waals surface area contributed by atoms with Crippen LogP contribution in [0.25, 0.3) is 22.5 Å². The summed E-state index contributed by atoms with van der Waals surface area (Å²) < 4.78 is 15.7. The van der Waals surface area contributed by atoms with Gasteiger partial charge < -0.3 is 4.57 Å². The Kier molecular flexibility index (Phi) is 7.51. The van der Waals surface area contributed by atoms with Gasteiger partial charge in [0.05, 0.1) is 29.6 Å². The molecule has 0 atom stereocenters. The SMILES string of the molecule is CC(C)c1ccc(-c2c(-c3ccc(C#N)cc3)nc(C3CCCCC3)n2CC(=O)c2ccc(F)cc2)cc1. The van der Waals surface area contributed by atoms with Crippen molar-refractivity contribution in [1.82, 2.24) is 9.55 Å². The van der Waals surface area contributed by atoms with Crippen molar-refractivity contribution in [3.8, 4) is 28.6 Å². The predicted molar refractivity (Wildman–Crippen MR) is 148 cm³/mol. The molecule has 0 spiro atoms. The summed E-state index contributed by atoms with van der Waals surface area (Å²) >= 11 is 0. The first kappa shape index (κ1) is 25.6. The van der Waals surface area contributed by atoms with Crippen molar-refractivity contribution in [2.45, 2.75) is 64.3 Å². The van der Waals surface area contributed by atoms with E-state index in [1.807, 2.05) is 24.3 Å². The minimum absolute atomic E-state index is 0.0779. The van der Waals surface area contributed by atoms with Crippen LogP contribution in [0.15, 0.2) is 72.8 Å². The van der Waals surface area contributed by atoms with Crippen molar-refractivity contribution < 1.29 is 9.18 Å². The van der Waals surface area contributed by atoms with Gasteiger partial charge in [-0.1, -0.05) is 69.5 Å². The Balaban J connectivity index is 1.69. The first-order valence-electron chi connectivity index (χ1n) is 13.4. The maximum Gasteiger partial charge on any atom is 0.182 e. The van der Waals surface area contributed by atoms with Crippen LogP contribution in [0.1, 0.15) is 85.1 Å². The quantitative estimate of drug-likeness (QED) is 0.237. The highest BCUT2D eigenvalue weighted by molar-refractivity contribution is 5.96. The smallest absolute Gasteiger partial charge is 0.182 e. The van der Waals surface area contributed by atoms with Crippen molar-refractivity contribution in [3.63, 3.8) is 0 Å². The second-order valence-corrected chi connectivity index (χ2v) is 10.5. The van der Waals surface area contributed by atoms with E-state index in [1.165, 1.54) is 24.1 Å². The second-order valence-electron chi connectivity index (χ2n) is 10.5. The summed E-state index contributed by atoms with van der Waals surface area (Å²) in [7, 11) is 0. The van der Waals surface area contributed by atoms with E-state index < -0.39 is 0 Å². The van der Waals surface area contributed by atoms with E-state index in [0.29, 0.717) is 17.0 Å². The highest BCUT2D eigenvalue weighted by Gasteiger charge is 2.28. The summed E-state index contributed by atoms with van der Waals surface area (Å²) in [6, 6.07) is 23.9. The lowest BCUT2D eigenvalue weighted by molar-refractivity contribution is 0.0970. The highest BCUT2D eigenvalue weighted by atomic mass is 19.1. The van der Waals surface area contributed by atoms with Crippen LogP contribution in [0.3, 0.4) is 0 Å². The van der Waals surface area contributed by atoms with Gasteiger partial charge in [0.1, 0.15) is 11.6 Å². The predicted octanol–water partition coefficient (Wildman–Crippen LogP) is 8.28. The number of rotatable bonds is 7. The van der Waals surface area contributed by atoms with Gasteiger partial charge in [-0.15, -0.1) is 0 Å². The molecule has 1 fully saturated rings. The Morgan fingerprint density at radius 3 is 2.18 bits per heavy atom. The van der Waals surface area contributed by atoms with Crippen LogP contribution in [0.4, 0.5) is 4.39 Å². The standard InChI is InChI=1S/C33H32FN3O/c1-22(2)24-12-14-27(15-13-24)32-31(26-10-8-23(20-35)9-11-26)36-33(28-6-4-3-5-7-28)37(32)21-30(38)25-16-18-29(34)19-17-25/h8-19,22,28H,3-7,21H2,1-2H3. The fourth-order valence-electron chi connectivity index (χ4n) is 5.40. The van der Waals surface area contributed by atoms with Gasteiger partial charge in [0.15, 0.2) is 5.78 Å². The van der Waals surface area contributed by atoms with Gasteiger partial charge in [-0.05, 0) is 60.7 Å². The molecule has 3 aromatic carbocycles. The molecule has 0 bridgehead atoms. The fraction of sp³-hybridized carbons (Fsp3) is 0.303. The molecule has 0 amide bonds. The number of nitrogens with zero attached hydrogens (tertiary/aromatic N) is 3. The zero-order valence-electron chi connectivity index (χ0n) is 22.0. The molecule has 38 heavy (non-hydrogen) atoms. The van der Waals surface area contributed by atoms with Gasteiger partial charge in [0.2, 0.25) is 0 Å². The Hall–Kier alpha value is -4.04. The first-order valence-corrected chi connectivity index (χ1v) is 13.4. The van der Waals surface area contributed by atoms with Crippen LogP contribution in [0, 0.1) is 17.1 Å². The van der Waals surface area contributed by atoms with E-state index in [2.05, 4.69) is 48.7 Å². The van der Waals surface area contributed by atoms with E-state index in [0.717, 1.165) is 54.0 Å². The molecule has 0 N–H and O–H groups in total. The molecule has 1 saturated carbocycles. The summed E-state index contributed by atoms with van der Waals surface area (Å²) in [5, 5.41) is 9.31. The van der Waals surface area contributed by atoms with E-state index in [-0.39, 0.29) is 24.1 Å². The summed E-state index contributed by atoms with van der Waals surface area (Å²) in [5.41, 5.74) is 5.95. The molecule has 1 aliphatic rings. The lowest BCUT2D eigenvalue weighted by Gasteiger charge is -2.23. The van der Waals surface area contributed by atoms with Crippen LogP contribution in [-0.4, -0.2) is 15.3 Å². The largest absolute Gasteiger partial charge is 0.319 e. The molecule has 1 heterocycles. The zero-order chi connectivity index (χ0) is 26.6. The number of halogens is 1. The third kappa shape index (κ3) is 5.31. The molecule has 5 heteroatoms. The monoisotopic (exact) mass is 505 g/mol. The van der Waals surface area contributed by atoms with Gasteiger partial charge in [-0.2, -0.15) is 5.26 Å². The van der Waals surface area contributed by atoms with Crippen LogP contribution < -0.4 is 0 Å². The third-order valence-electron chi connectivity index (χ3n) is 7.57. The summed E-state index contributed by atoms with van der Waals surface area (Å²) in [5.74, 6) is 1.17. The van der Waals surface area contributed by atoms with Gasteiger partial charge in [-0.25, -0.2) is 9.37 Å². The average Bonchev–Trinajstić information content (AvgIpc) is 3.32. The summed E-state index contributed by atoms with van der Waals surface area (Å²) in [6.45, 7) is 4.47. The Morgan fingerprint density at radius 2 is 1.58 bits per heavy atom. The van der Waals surface area contributed by atoms with Crippen molar-refractivity contribution >= 4 is 5.78 Å². The number of imidazole rings is 1. The van der Waals surface area contributed by atoms with Crippen LogP contribution in [0.2, 0.25) is 0 Å². The fourth-order valence-corrected chi connectivity index (χ4v) is 5.40. The Morgan fingerprint density at radius 1 is 0.947 bits per heavy atom. The molecule has 192 valence electrons. The van der Waals surface area contributed by atoms with Crippen molar-refractivity contribution in [2.24, 2.45) is 0 Å². The molecule has 0 saturated heterocycles. The van der Waals surface area contributed by atoms with E-state index in [9.17, 15) is 14.4 Å². The number of hydrogen-bond donors (Lipinski definition) is 0. The molecule has 1 aromatic heterocycles. The normalized spacial score (nSPS) is 14.0.